The third kappa shape index (κ3) is 7.54. The lowest BCUT2D eigenvalue weighted by Gasteiger charge is -2.12. The number of guanidine groups is 1. The first-order valence-corrected chi connectivity index (χ1v) is 8.12. The number of amides is 1. The van der Waals surface area contributed by atoms with Crippen molar-refractivity contribution >= 4 is 11.9 Å². The van der Waals surface area contributed by atoms with Crippen LogP contribution in [0.15, 0.2) is 29.3 Å². The summed E-state index contributed by atoms with van der Waals surface area (Å²) in [5.74, 6) is 1.58. The molecule has 0 aliphatic rings. The van der Waals surface area contributed by atoms with Crippen molar-refractivity contribution < 1.29 is 9.53 Å². The van der Waals surface area contributed by atoms with Gasteiger partial charge in [0.25, 0.3) is 0 Å². The van der Waals surface area contributed by atoms with Gasteiger partial charge in [-0.3, -0.25) is 4.79 Å². The van der Waals surface area contributed by atoms with Gasteiger partial charge < -0.3 is 20.7 Å². The Balaban J connectivity index is 2.51. The third-order valence-corrected chi connectivity index (χ3v) is 3.16. The van der Waals surface area contributed by atoms with Gasteiger partial charge in [0, 0.05) is 31.6 Å². The van der Waals surface area contributed by atoms with E-state index in [1.54, 1.807) is 7.11 Å². The lowest BCUT2D eigenvalue weighted by Crippen LogP contribution is -2.39. The van der Waals surface area contributed by atoms with Crippen molar-refractivity contribution in [3.63, 3.8) is 0 Å². The largest absolute Gasteiger partial charge is 0.496 e. The molecule has 0 fully saturated rings. The maximum atomic E-state index is 11.6. The molecule has 1 amide bonds. The van der Waals surface area contributed by atoms with E-state index < -0.39 is 0 Å². The van der Waals surface area contributed by atoms with Crippen LogP contribution in [0, 0.1) is 0 Å². The third-order valence-electron chi connectivity index (χ3n) is 3.16. The molecular formula is C17H28N4O2. The summed E-state index contributed by atoms with van der Waals surface area (Å²) < 4.78 is 5.32. The van der Waals surface area contributed by atoms with Crippen LogP contribution in [0.25, 0.3) is 0 Å². The number of hydrogen-bond acceptors (Lipinski definition) is 3. The Kier molecular flexibility index (Phi) is 9.28. The minimum atomic E-state index is 0.0555. The molecule has 0 aromatic heterocycles. The summed E-state index contributed by atoms with van der Waals surface area (Å²) in [5.41, 5.74) is 1.02. The van der Waals surface area contributed by atoms with Gasteiger partial charge in [-0.1, -0.05) is 25.1 Å². The predicted molar refractivity (Wildman–Crippen MR) is 93.7 cm³/mol. The number of benzene rings is 1. The molecule has 0 saturated carbocycles. The van der Waals surface area contributed by atoms with E-state index in [4.69, 9.17) is 4.74 Å². The minimum Gasteiger partial charge on any atom is -0.496 e. The molecule has 0 aliphatic heterocycles. The Morgan fingerprint density at radius 1 is 1.13 bits per heavy atom. The molecule has 23 heavy (non-hydrogen) atoms. The summed E-state index contributed by atoms with van der Waals surface area (Å²) >= 11 is 0. The predicted octanol–water partition coefficient (Wildman–Crippen LogP) is 1.67. The summed E-state index contributed by atoms with van der Waals surface area (Å²) in [6.07, 6.45) is 1.38. The zero-order valence-corrected chi connectivity index (χ0v) is 14.3. The summed E-state index contributed by atoms with van der Waals surface area (Å²) in [4.78, 5) is 16.1. The van der Waals surface area contributed by atoms with E-state index >= 15 is 0 Å². The number of hydrogen-bond donors (Lipinski definition) is 3. The number of rotatable bonds is 9. The number of ether oxygens (including phenoxy) is 1. The van der Waals surface area contributed by atoms with E-state index in [0.717, 1.165) is 30.8 Å². The van der Waals surface area contributed by atoms with Crippen LogP contribution in [0.5, 0.6) is 5.75 Å². The highest BCUT2D eigenvalue weighted by Crippen LogP contribution is 2.17. The molecule has 0 saturated heterocycles. The van der Waals surface area contributed by atoms with Gasteiger partial charge in [0.1, 0.15) is 5.75 Å². The maximum Gasteiger partial charge on any atom is 0.221 e. The lowest BCUT2D eigenvalue weighted by molar-refractivity contribution is -0.120. The standard InChI is InChI=1S/C17H28N4O2/c1-4-11-19-16(22)10-12-20-17(18-5-2)21-13-14-8-6-7-9-15(14)23-3/h6-9H,4-5,10-13H2,1-3H3,(H,19,22)(H2,18,20,21). The molecule has 1 aromatic carbocycles. The zero-order chi connectivity index (χ0) is 16.9. The number of aliphatic imine (C=N–C) groups is 1. The molecule has 0 unspecified atom stereocenters. The van der Waals surface area contributed by atoms with Gasteiger partial charge in [-0.25, -0.2) is 4.99 Å². The van der Waals surface area contributed by atoms with E-state index in [2.05, 4.69) is 20.9 Å². The molecule has 6 nitrogen and oxygen atoms in total. The molecule has 0 heterocycles. The van der Waals surface area contributed by atoms with Crippen molar-refractivity contribution in [3.8, 4) is 5.75 Å². The molecule has 128 valence electrons. The Morgan fingerprint density at radius 2 is 1.91 bits per heavy atom. The van der Waals surface area contributed by atoms with Crippen molar-refractivity contribution in [2.45, 2.75) is 33.2 Å². The fourth-order valence-electron chi connectivity index (χ4n) is 1.99. The highest BCUT2D eigenvalue weighted by molar-refractivity contribution is 5.81. The average Bonchev–Trinajstić information content (AvgIpc) is 2.58. The van der Waals surface area contributed by atoms with Crippen molar-refractivity contribution in [2.24, 2.45) is 4.99 Å². The van der Waals surface area contributed by atoms with Crippen LogP contribution in [0.1, 0.15) is 32.3 Å². The Hall–Kier alpha value is -2.24. The smallest absolute Gasteiger partial charge is 0.221 e. The molecule has 1 aromatic rings. The van der Waals surface area contributed by atoms with Crippen molar-refractivity contribution in [1.29, 1.82) is 0 Å². The van der Waals surface area contributed by atoms with E-state index in [9.17, 15) is 4.79 Å². The maximum absolute atomic E-state index is 11.6. The van der Waals surface area contributed by atoms with Crippen molar-refractivity contribution in [1.82, 2.24) is 16.0 Å². The first-order valence-electron chi connectivity index (χ1n) is 8.12. The van der Waals surface area contributed by atoms with Gasteiger partial charge >= 0.3 is 0 Å². The van der Waals surface area contributed by atoms with Gasteiger partial charge in [0.05, 0.1) is 13.7 Å². The molecule has 1 rings (SSSR count). The SMILES string of the molecule is CCCNC(=O)CCNC(=NCc1ccccc1OC)NCC. The van der Waals surface area contributed by atoms with E-state index in [1.165, 1.54) is 0 Å². The second-order valence-electron chi connectivity index (χ2n) is 5.03. The molecule has 0 aliphatic carbocycles. The monoisotopic (exact) mass is 320 g/mol. The van der Waals surface area contributed by atoms with Gasteiger partial charge in [-0.05, 0) is 19.4 Å². The number of carbonyl (C=O) groups is 1. The average molecular weight is 320 g/mol. The number of para-hydroxylation sites is 1. The quantitative estimate of drug-likeness (QED) is 0.478. The van der Waals surface area contributed by atoms with Gasteiger partial charge in [-0.2, -0.15) is 0 Å². The Bertz CT molecular complexity index is 503. The second-order valence-corrected chi connectivity index (χ2v) is 5.03. The summed E-state index contributed by atoms with van der Waals surface area (Å²) in [5, 5.41) is 9.20. The normalized spacial score (nSPS) is 11.0. The number of carbonyl (C=O) groups excluding carboxylic acids is 1. The first kappa shape index (κ1) is 18.8. The molecule has 0 atom stereocenters. The van der Waals surface area contributed by atoms with Gasteiger partial charge in [-0.15, -0.1) is 0 Å². The van der Waals surface area contributed by atoms with Crippen LogP contribution in [-0.2, 0) is 11.3 Å². The highest BCUT2D eigenvalue weighted by Gasteiger charge is 2.04. The highest BCUT2D eigenvalue weighted by atomic mass is 16.5. The van der Waals surface area contributed by atoms with Crippen LogP contribution in [0.3, 0.4) is 0 Å². The Morgan fingerprint density at radius 3 is 2.61 bits per heavy atom. The molecular weight excluding hydrogens is 292 g/mol. The fourth-order valence-corrected chi connectivity index (χ4v) is 1.99. The van der Waals surface area contributed by atoms with Crippen molar-refractivity contribution in [3.05, 3.63) is 29.8 Å². The Labute approximate surface area is 138 Å². The summed E-state index contributed by atoms with van der Waals surface area (Å²) in [6.45, 7) is 6.59. The minimum absolute atomic E-state index is 0.0555. The van der Waals surface area contributed by atoms with Gasteiger partial charge in [0.2, 0.25) is 5.91 Å². The van der Waals surface area contributed by atoms with Crippen LogP contribution < -0.4 is 20.7 Å². The molecule has 0 spiro atoms. The van der Waals surface area contributed by atoms with Gasteiger partial charge in [0.15, 0.2) is 5.96 Å². The van der Waals surface area contributed by atoms with Crippen LogP contribution in [-0.4, -0.2) is 38.6 Å². The van der Waals surface area contributed by atoms with Crippen LogP contribution in [0.4, 0.5) is 0 Å². The van der Waals surface area contributed by atoms with E-state index in [-0.39, 0.29) is 5.91 Å². The topological polar surface area (TPSA) is 74.8 Å². The molecule has 6 heteroatoms. The number of nitrogens with one attached hydrogen (secondary N) is 3. The zero-order valence-electron chi connectivity index (χ0n) is 14.3. The second kappa shape index (κ2) is 11.3. The lowest BCUT2D eigenvalue weighted by atomic mass is 10.2. The summed E-state index contributed by atoms with van der Waals surface area (Å²) in [7, 11) is 1.65. The summed E-state index contributed by atoms with van der Waals surface area (Å²) in [6, 6.07) is 7.81. The van der Waals surface area contributed by atoms with E-state index in [0.29, 0.717) is 25.5 Å². The molecule has 0 radical (unpaired) electrons. The van der Waals surface area contributed by atoms with Crippen LogP contribution >= 0.6 is 0 Å². The van der Waals surface area contributed by atoms with Crippen molar-refractivity contribution in [2.75, 3.05) is 26.7 Å². The molecule has 3 N–H and O–H groups in total. The molecule has 0 bridgehead atoms. The van der Waals surface area contributed by atoms with Crippen LogP contribution in [0.2, 0.25) is 0 Å². The number of nitrogens with zero attached hydrogens (tertiary/aromatic N) is 1. The van der Waals surface area contributed by atoms with E-state index in [1.807, 2.05) is 38.1 Å². The first-order chi connectivity index (χ1) is 11.2. The fraction of sp³-hybridized carbons (Fsp3) is 0.529. The number of methoxy groups -OCH3 is 1.